The fourth-order valence-electron chi connectivity index (χ4n) is 3.36. The van der Waals surface area contributed by atoms with E-state index in [1.54, 1.807) is 7.11 Å². The molecule has 0 radical (unpaired) electrons. The van der Waals surface area contributed by atoms with E-state index in [0.29, 0.717) is 23.8 Å². The lowest BCUT2D eigenvalue weighted by Crippen LogP contribution is -2.17. The Kier molecular flexibility index (Phi) is 4.93. The Morgan fingerprint density at radius 1 is 0.964 bits per heavy atom. The van der Waals surface area contributed by atoms with Crippen LogP contribution in [0, 0.1) is 6.92 Å². The smallest absolute Gasteiger partial charge is 0.229 e. The second-order valence-electron chi connectivity index (χ2n) is 6.85. The summed E-state index contributed by atoms with van der Waals surface area (Å²) in [4.78, 5) is 21.8. The van der Waals surface area contributed by atoms with Gasteiger partial charge in [-0.2, -0.15) is 4.98 Å². The van der Waals surface area contributed by atoms with Gasteiger partial charge in [0.1, 0.15) is 11.6 Å². The number of hydrogen-bond acceptors (Lipinski definition) is 6. The molecule has 0 aliphatic heterocycles. The van der Waals surface area contributed by atoms with Crippen LogP contribution in [0.15, 0.2) is 48.5 Å². The molecule has 0 saturated carbocycles. The SMILES string of the molecule is COc1cccc(Nc2nc3c(c(Nc4cccc(C)c4)n2)C(=O)CCC3)c1. The lowest BCUT2D eigenvalue weighted by atomic mass is 9.95. The molecule has 0 atom stereocenters. The first-order valence-electron chi connectivity index (χ1n) is 9.31. The number of aryl methyl sites for hydroxylation is 2. The van der Waals surface area contributed by atoms with Gasteiger partial charge in [0.15, 0.2) is 5.78 Å². The van der Waals surface area contributed by atoms with Crippen LogP contribution >= 0.6 is 0 Å². The largest absolute Gasteiger partial charge is 0.497 e. The van der Waals surface area contributed by atoms with Crippen molar-refractivity contribution in [2.45, 2.75) is 26.2 Å². The highest BCUT2D eigenvalue weighted by atomic mass is 16.5. The first-order chi connectivity index (χ1) is 13.6. The molecule has 0 saturated heterocycles. The van der Waals surface area contributed by atoms with E-state index in [1.807, 2.05) is 55.5 Å². The Morgan fingerprint density at radius 3 is 2.54 bits per heavy atom. The molecule has 4 rings (SSSR count). The molecule has 28 heavy (non-hydrogen) atoms. The normalized spacial score (nSPS) is 13.0. The van der Waals surface area contributed by atoms with Crippen molar-refractivity contribution in [2.75, 3.05) is 17.7 Å². The van der Waals surface area contributed by atoms with Gasteiger partial charge in [-0.1, -0.05) is 18.2 Å². The Labute approximate surface area is 164 Å². The number of carbonyl (C=O) groups excluding carboxylic acids is 1. The Morgan fingerprint density at radius 2 is 1.75 bits per heavy atom. The van der Waals surface area contributed by atoms with Gasteiger partial charge >= 0.3 is 0 Å². The minimum Gasteiger partial charge on any atom is -0.497 e. The molecule has 0 unspecified atom stereocenters. The van der Waals surface area contributed by atoms with Gasteiger partial charge in [0.2, 0.25) is 5.95 Å². The number of aromatic nitrogens is 2. The third-order valence-electron chi connectivity index (χ3n) is 4.69. The number of fused-ring (bicyclic) bond motifs is 1. The maximum absolute atomic E-state index is 12.6. The van der Waals surface area contributed by atoms with Crippen molar-refractivity contribution in [3.63, 3.8) is 0 Å². The minimum atomic E-state index is 0.0873. The minimum absolute atomic E-state index is 0.0873. The van der Waals surface area contributed by atoms with E-state index < -0.39 is 0 Å². The molecule has 2 N–H and O–H groups in total. The van der Waals surface area contributed by atoms with E-state index in [1.165, 1.54) is 0 Å². The van der Waals surface area contributed by atoms with E-state index in [9.17, 15) is 4.79 Å². The Hall–Kier alpha value is -3.41. The van der Waals surface area contributed by atoms with E-state index >= 15 is 0 Å². The molecule has 2 aromatic carbocycles. The predicted octanol–water partition coefficient (Wildman–Crippen LogP) is 4.80. The summed E-state index contributed by atoms with van der Waals surface area (Å²) in [6.07, 6.45) is 2.10. The van der Waals surface area contributed by atoms with Gasteiger partial charge in [0, 0.05) is 23.9 Å². The molecule has 1 aliphatic rings. The summed E-state index contributed by atoms with van der Waals surface area (Å²) in [5, 5.41) is 6.54. The van der Waals surface area contributed by atoms with Gasteiger partial charge in [-0.05, 0) is 49.6 Å². The van der Waals surface area contributed by atoms with Crippen LogP contribution < -0.4 is 15.4 Å². The summed E-state index contributed by atoms with van der Waals surface area (Å²) in [6.45, 7) is 2.03. The number of methoxy groups -OCH3 is 1. The lowest BCUT2D eigenvalue weighted by Gasteiger charge is -2.19. The molecular weight excluding hydrogens is 352 g/mol. The first-order valence-corrected chi connectivity index (χ1v) is 9.31. The number of rotatable bonds is 5. The highest BCUT2D eigenvalue weighted by molar-refractivity contribution is 6.03. The molecule has 6 nitrogen and oxygen atoms in total. The third kappa shape index (κ3) is 3.81. The first kappa shape index (κ1) is 18.0. The van der Waals surface area contributed by atoms with Crippen molar-refractivity contribution >= 4 is 28.9 Å². The molecule has 6 heteroatoms. The third-order valence-corrected chi connectivity index (χ3v) is 4.69. The predicted molar refractivity (Wildman–Crippen MR) is 110 cm³/mol. The zero-order valence-corrected chi connectivity index (χ0v) is 16.0. The fraction of sp³-hybridized carbons (Fsp3) is 0.227. The van der Waals surface area contributed by atoms with Crippen LogP contribution in [0.1, 0.15) is 34.5 Å². The van der Waals surface area contributed by atoms with Crippen molar-refractivity contribution in [3.05, 3.63) is 65.4 Å². The van der Waals surface area contributed by atoms with Crippen LogP contribution in [-0.2, 0) is 6.42 Å². The quantitative estimate of drug-likeness (QED) is 0.668. The summed E-state index contributed by atoms with van der Waals surface area (Å²) < 4.78 is 5.27. The standard InChI is InChI=1S/C22H22N4O2/c1-14-6-3-7-15(12-14)23-21-20-18(10-5-11-19(20)27)25-22(26-21)24-16-8-4-9-17(13-16)28-2/h3-4,6-9,12-13H,5,10-11H2,1-2H3,(H2,23,24,25,26). The van der Waals surface area contributed by atoms with Crippen molar-refractivity contribution in [1.82, 2.24) is 9.97 Å². The molecule has 1 heterocycles. The second-order valence-corrected chi connectivity index (χ2v) is 6.85. The summed E-state index contributed by atoms with van der Waals surface area (Å²) in [7, 11) is 1.63. The van der Waals surface area contributed by atoms with Crippen LogP contribution in [0.25, 0.3) is 0 Å². The number of Topliss-reactive ketones (excluding diaryl/α,β-unsaturated/α-hetero) is 1. The molecule has 1 aromatic heterocycles. The summed E-state index contributed by atoms with van der Waals surface area (Å²) in [6, 6.07) is 15.6. The number of ether oxygens (including phenoxy) is 1. The van der Waals surface area contributed by atoms with Crippen molar-refractivity contribution in [2.24, 2.45) is 0 Å². The zero-order valence-electron chi connectivity index (χ0n) is 16.0. The Bertz CT molecular complexity index is 1030. The van der Waals surface area contributed by atoms with Crippen LogP contribution in [0.3, 0.4) is 0 Å². The van der Waals surface area contributed by atoms with E-state index in [-0.39, 0.29) is 5.78 Å². The van der Waals surface area contributed by atoms with Crippen LogP contribution in [-0.4, -0.2) is 22.9 Å². The van der Waals surface area contributed by atoms with Gasteiger partial charge in [0.05, 0.1) is 18.4 Å². The number of ketones is 1. The average molecular weight is 374 g/mol. The highest BCUT2D eigenvalue weighted by Gasteiger charge is 2.24. The number of hydrogen-bond donors (Lipinski definition) is 2. The number of nitrogens with one attached hydrogen (secondary N) is 2. The lowest BCUT2D eigenvalue weighted by molar-refractivity contribution is 0.0972. The topological polar surface area (TPSA) is 76.1 Å². The van der Waals surface area contributed by atoms with Gasteiger partial charge in [-0.25, -0.2) is 4.98 Å². The van der Waals surface area contributed by atoms with E-state index in [2.05, 4.69) is 20.6 Å². The van der Waals surface area contributed by atoms with Gasteiger partial charge in [-0.15, -0.1) is 0 Å². The van der Waals surface area contributed by atoms with Crippen LogP contribution in [0.5, 0.6) is 5.75 Å². The maximum Gasteiger partial charge on any atom is 0.229 e. The molecule has 142 valence electrons. The number of benzene rings is 2. The molecule has 0 bridgehead atoms. The molecule has 1 aliphatic carbocycles. The van der Waals surface area contributed by atoms with E-state index in [0.717, 1.165) is 41.2 Å². The summed E-state index contributed by atoms with van der Waals surface area (Å²) >= 11 is 0. The molecule has 0 spiro atoms. The Balaban J connectivity index is 1.72. The van der Waals surface area contributed by atoms with Gasteiger partial charge < -0.3 is 15.4 Å². The van der Waals surface area contributed by atoms with Crippen LogP contribution in [0.4, 0.5) is 23.1 Å². The number of nitrogens with zero attached hydrogens (tertiary/aromatic N) is 2. The maximum atomic E-state index is 12.6. The summed E-state index contributed by atoms with van der Waals surface area (Å²) in [5.41, 5.74) is 4.24. The number of anilines is 4. The monoisotopic (exact) mass is 374 g/mol. The zero-order chi connectivity index (χ0) is 19.5. The van der Waals surface area contributed by atoms with Gasteiger partial charge in [0.25, 0.3) is 0 Å². The molecule has 0 fully saturated rings. The van der Waals surface area contributed by atoms with Gasteiger partial charge in [-0.3, -0.25) is 4.79 Å². The number of carbonyl (C=O) groups is 1. The van der Waals surface area contributed by atoms with E-state index in [4.69, 9.17) is 4.74 Å². The molecule has 0 amide bonds. The van der Waals surface area contributed by atoms with Crippen molar-refractivity contribution in [3.8, 4) is 5.75 Å². The average Bonchev–Trinajstić information content (AvgIpc) is 2.68. The van der Waals surface area contributed by atoms with Crippen LogP contribution in [0.2, 0.25) is 0 Å². The fourth-order valence-corrected chi connectivity index (χ4v) is 3.36. The van der Waals surface area contributed by atoms with Crippen molar-refractivity contribution < 1.29 is 9.53 Å². The summed E-state index contributed by atoms with van der Waals surface area (Å²) in [5.74, 6) is 1.84. The second kappa shape index (κ2) is 7.68. The molecular formula is C22H22N4O2. The highest BCUT2D eigenvalue weighted by Crippen LogP contribution is 2.30. The van der Waals surface area contributed by atoms with Crippen molar-refractivity contribution in [1.29, 1.82) is 0 Å². The molecule has 3 aromatic rings.